The summed E-state index contributed by atoms with van der Waals surface area (Å²) in [7, 11) is 0. The molecule has 0 saturated carbocycles. The molecule has 0 aliphatic rings. The predicted octanol–water partition coefficient (Wildman–Crippen LogP) is 5.38. The van der Waals surface area contributed by atoms with Gasteiger partial charge in [-0.1, -0.05) is 35.9 Å². The summed E-state index contributed by atoms with van der Waals surface area (Å²) in [6.07, 6.45) is 1.68. The number of aryl methyl sites for hydroxylation is 1. The van der Waals surface area contributed by atoms with Gasteiger partial charge in [0.2, 0.25) is 0 Å². The monoisotopic (exact) mass is 411 g/mol. The Balaban J connectivity index is 1.68. The lowest BCUT2D eigenvalue weighted by Gasteiger charge is -2.10. The fourth-order valence-electron chi connectivity index (χ4n) is 2.94. The maximum absolute atomic E-state index is 12.3. The lowest BCUT2D eigenvalue weighted by Crippen LogP contribution is -2.26. The van der Waals surface area contributed by atoms with Crippen LogP contribution in [-0.2, 0) is 4.79 Å². The van der Waals surface area contributed by atoms with Gasteiger partial charge in [-0.2, -0.15) is 5.10 Å². The highest BCUT2D eigenvalue weighted by Gasteiger charge is 2.14. The van der Waals surface area contributed by atoms with Gasteiger partial charge in [0, 0.05) is 32.6 Å². The van der Waals surface area contributed by atoms with Crippen molar-refractivity contribution in [3.8, 4) is 5.69 Å². The largest absolute Gasteiger partial charge is 0.318 e. The van der Waals surface area contributed by atoms with E-state index in [1.54, 1.807) is 6.21 Å². The Bertz CT molecular complexity index is 998. The average molecular weight is 412 g/mol. The van der Waals surface area contributed by atoms with Crippen molar-refractivity contribution in [2.24, 2.45) is 5.10 Å². The zero-order valence-corrected chi connectivity index (χ0v) is 17.6. The van der Waals surface area contributed by atoms with Gasteiger partial charge in [-0.3, -0.25) is 4.79 Å². The third kappa shape index (κ3) is 4.86. The number of thioether (sulfide) groups is 1. The number of carbonyl (C=O) groups is 1. The number of aromatic nitrogens is 1. The summed E-state index contributed by atoms with van der Waals surface area (Å²) in [5, 5.41) is 4.61. The zero-order chi connectivity index (χ0) is 20.1. The average Bonchev–Trinajstić information content (AvgIpc) is 2.96. The number of hydrazone groups is 1. The van der Waals surface area contributed by atoms with Crippen molar-refractivity contribution in [2.45, 2.75) is 30.9 Å². The van der Waals surface area contributed by atoms with Crippen LogP contribution in [0.5, 0.6) is 0 Å². The quantitative estimate of drug-likeness (QED) is 0.336. The van der Waals surface area contributed by atoms with Crippen molar-refractivity contribution in [2.75, 3.05) is 0 Å². The van der Waals surface area contributed by atoms with E-state index < -0.39 is 0 Å². The van der Waals surface area contributed by atoms with Crippen molar-refractivity contribution in [3.05, 3.63) is 82.6 Å². The third-order valence-corrected chi connectivity index (χ3v) is 5.69. The number of halogens is 1. The Morgan fingerprint density at radius 1 is 1.14 bits per heavy atom. The van der Waals surface area contributed by atoms with E-state index in [1.807, 2.05) is 81.4 Å². The molecule has 6 heteroatoms. The number of benzene rings is 2. The van der Waals surface area contributed by atoms with Crippen LogP contribution in [-0.4, -0.2) is 21.9 Å². The molecule has 1 aromatic heterocycles. The highest BCUT2D eigenvalue weighted by Crippen LogP contribution is 2.23. The fourth-order valence-corrected chi connectivity index (χ4v) is 4.01. The van der Waals surface area contributed by atoms with Gasteiger partial charge in [0.05, 0.1) is 11.5 Å². The van der Waals surface area contributed by atoms with Gasteiger partial charge in [-0.05, 0) is 57.2 Å². The van der Waals surface area contributed by atoms with E-state index in [0.29, 0.717) is 5.02 Å². The molecule has 0 saturated heterocycles. The number of carbonyl (C=O) groups excluding carboxylic acids is 1. The molecule has 0 aliphatic carbocycles. The van der Waals surface area contributed by atoms with Crippen molar-refractivity contribution < 1.29 is 4.79 Å². The number of hydrogen-bond acceptors (Lipinski definition) is 3. The van der Waals surface area contributed by atoms with Gasteiger partial charge < -0.3 is 4.57 Å². The Hall–Kier alpha value is -2.50. The first-order chi connectivity index (χ1) is 13.5. The molecule has 2 aromatic carbocycles. The summed E-state index contributed by atoms with van der Waals surface area (Å²) >= 11 is 7.63. The van der Waals surface area contributed by atoms with Gasteiger partial charge in [-0.15, -0.1) is 11.8 Å². The van der Waals surface area contributed by atoms with Crippen LogP contribution in [0.15, 0.2) is 70.7 Å². The maximum Gasteiger partial charge on any atom is 0.253 e. The van der Waals surface area contributed by atoms with E-state index in [4.69, 9.17) is 11.6 Å². The van der Waals surface area contributed by atoms with E-state index in [0.717, 1.165) is 27.5 Å². The molecule has 1 heterocycles. The minimum absolute atomic E-state index is 0.131. The minimum Gasteiger partial charge on any atom is -0.318 e. The SMILES string of the molecule is Cc1cc(/C=N\NC(=O)[C@H](C)Sc2ccccc2)c(C)n1-c1cccc(Cl)c1. The molecule has 0 aliphatic heterocycles. The normalized spacial score (nSPS) is 12.3. The lowest BCUT2D eigenvalue weighted by molar-refractivity contribution is -0.120. The predicted molar refractivity (Wildman–Crippen MR) is 118 cm³/mol. The number of rotatable bonds is 6. The number of nitrogens with one attached hydrogen (secondary N) is 1. The standard InChI is InChI=1S/C22H22ClN3OS/c1-15-12-18(16(2)26(15)20-9-7-8-19(23)13-20)14-24-25-22(27)17(3)28-21-10-5-4-6-11-21/h4-14,17H,1-3H3,(H,25,27)/b24-14-/t17-/m0/s1. The van der Waals surface area contributed by atoms with Crippen LogP contribution >= 0.6 is 23.4 Å². The Morgan fingerprint density at radius 3 is 2.61 bits per heavy atom. The molecule has 3 rings (SSSR count). The van der Waals surface area contributed by atoms with Gasteiger partial charge >= 0.3 is 0 Å². The van der Waals surface area contributed by atoms with Crippen LogP contribution < -0.4 is 5.43 Å². The topological polar surface area (TPSA) is 46.4 Å². The molecule has 0 radical (unpaired) electrons. The van der Waals surface area contributed by atoms with E-state index in [9.17, 15) is 4.79 Å². The van der Waals surface area contributed by atoms with Crippen LogP contribution in [0.1, 0.15) is 23.9 Å². The molecule has 3 aromatic rings. The summed E-state index contributed by atoms with van der Waals surface area (Å²) in [6.45, 7) is 5.92. The smallest absolute Gasteiger partial charge is 0.253 e. The van der Waals surface area contributed by atoms with Gasteiger partial charge in [0.15, 0.2) is 0 Å². The first-order valence-electron chi connectivity index (χ1n) is 8.95. The summed E-state index contributed by atoms with van der Waals surface area (Å²) in [6, 6.07) is 19.6. The van der Waals surface area contributed by atoms with Gasteiger partial charge in [-0.25, -0.2) is 5.43 Å². The van der Waals surface area contributed by atoms with Crippen molar-refractivity contribution in [1.82, 2.24) is 9.99 Å². The van der Waals surface area contributed by atoms with Crippen LogP contribution in [0.4, 0.5) is 0 Å². The Morgan fingerprint density at radius 2 is 1.89 bits per heavy atom. The highest BCUT2D eigenvalue weighted by atomic mass is 35.5. The van der Waals surface area contributed by atoms with Crippen molar-refractivity contribution >= 4 is 35.5 Å². The Kier molecular flexibility index (Phi) is 6.60. The second-order valence-electron chi connectivity index (χ2n) is 6.45. The first-order valence-corrected chi connectivity index (χ1v) is 10.2. The summed E-state index contributed by atoms with van der Waals surface area (Å²) < 4.78 is 2.11. The van der Waals surface area contributed by atoms with Crippen LogP contribution in [0.2, 0.25) is 5.02 Å². The van der Waals surface area contributed by atoms with E-state index in [2.05, 4.69) is 15.1 Å². The molecule has 28 heavy (non-hydrogen) atoms. The molecule has 0 spiro atoms. The molecule has 0 fully saturated rings. The zero-order valence-electron chi connectivity index (χ0n) is 16.0. The third-order valence-electron chi connectivity index (χ3n) is 4.34. The van der Waals surface area contributed by atoms with Crippen molar-refractivity contribution in [1.29, 1.82) is 0 Å². The van der Waals surface area contributed by atoms with Gasteiger partial charge in [0.25, 0.3) is 5.91 Å². The van der Waals surface area contributed by atoms with Gasteiger partial charge in [0.1, 0.15) is 0 Å². The van der Waals surface area contributed by atoms with Crippen LogP contribution in [0, 0.1) is 13.8 Å². The molecule has 0 bridgehead atoms. The van der Waals surface area contributed by atoms with Crippen LogP contribution in [0.3, 0.4) is 0 Å². The fraction of sp³-hybridized carbons (Fsp3) is 0.182. The number of amides is 1. The molecule has 1 amide bonds. The molecular weight excluding hydrogens is 390 g/mol. The second-order valence-corrected chi connectivity index (χ2v) is 8.30. The molecule has 1 atom stereocenters. The number of nitrogens with zero attached hydrogens (tertiary/aromatic N) is 2. The first kappa shape index (κ1) is 20.2. The molecule has 1 N–H and O–H groups in total. The number of hydrogen-bond donors (Lipinski definition) is 1. The molecule has 0 unspecified atom stereocenters. The summed E-state index contributed by atoms with van der Waals surface area (Å²) in [4.78, 5) is 13.3. The molecular formula is C22H22ClN3OS. The van der Waals surface area contributed by atoms with E-state index in [-0.39, 0.29) is 11.2 Å². The lowest BCUT2D eigenvalue weighted by atomic mass is 10.2. The maximum atomic E-state index is 12.3. The summed E-state index contributed by atoms with van der Waals surface area (Å²) in [5.74, 6) is -0.131. The van der Waals surface area contributed by atoms with Crippen LogP contribution in [0.25, 0.3) is 5.69 Å². The van der Waals surface area contributed by atoms with E-state index >= 15 is 0 Å². The molecule has 4 nitrogen and oxygen atoms in total. The molecule has 144 valence electrons. The summed E-state index contributed by atoms with van der Waals surface area (Å²) in [5.41, 5.74) is 6.68. The van der Waals surface area contributed by atoms with E-state index in [1.165, 1.54) is 11.8 Å². The Labute approximate surface area is 174 Å². The minimum atomic E-state index is -0.238. The highest BCUT2D eigenvalue weighted by molar-refractivity contribution is 8.00. The van der Waals surface area contributed by atoms with Crippen molar-refractivity contribution in [3.63, 3.8) is 0 Å². The second kappa shape index (κ2) is 9.13.